The maximum atomic E-state index is 14.4. The molecule has 4 aromatic carbocycles. The number of rotatable bonds is 16. The first-order valence-corrected chi connectivity index (χ1v) is 20.5. The Morgan fingerprint density at radius 3 is 2.45 bits per heavy atom. The van der Waals surface area contributed by atoms with Crippen molar-refractivity contribution in [2.75, 3.05) is 36.2 Å². The van der Waals surface area contributed by atoms with Crippen LogP contribution in [0.1, 0.15) is 60.9 Å². The lowest BCUT2D eigenvalue weighted by Crippen LogP contribution is -2.49. The van der Waals surface area contributed by atoms with Crippen LogP contribution in [0.5, 0.6) is 5.75 Å². The molecule has 0 fully saturated rings. The van der Waals surface area contributed by atoms with E-state index in [2.05, 4.69) is 5.32 Å². The van der Waals surface area contributed by atoms with Gasteiger partial charge in [-0.25, -0.2) is 0 Å². The van der Waals surface area contributed by atoms with Gasteiger partial charge in [-0.3, -0.25) is 29.4 Å². The normalized spacial score (nSPS) is 20.2. The highest BCUT2D eigenvalue weighted by molar-refractivity contribution is 6.08. The van der Waals surface area contributed by atoms with E-state index in [0.29, 0.717) is 61.6 Å². The van der Waals surface area contributed by atoms with Gasteiger partial charge in [0.1, 0.15) is 5.75 Å². The fourth-order valence-corrected chi connectivity index (χ4v) is 8.53. The number of non-ortho nitro benzene ring substituents is 1. The lowest BCUT2D eigenvalue weighted by molar-refractivity contribution is -0.385. The summed E-state index contributed by atoms with van der Waals surface area (Å²) in [6, 6.07) is 23.8. The van der Waals surface area contributed by atoms with Gasteiger partial charge in [-0.15, -0.1) is 0 Å². The second kappa shape index (κ2) is 18.1. The minimum atomic E-state index is -2.18. The molecular weight excluding hydrogens is 767 g/mol. The number of unbranched alkanes of at least 4 members (excludes halogenated alkanes) is 1. The molecule has 0 radical (unpaired) electrons. The van der Waals surface area contributed by atoms with Crippen LogP contribution in [0.15, 0.2) is 97.1 Å². The molecule has 0 bridgehead atoms. The van der Waals surface area contributed by atoms with Crippen molar-refractivity contribution in [3.63, 3.8) is 0 Å². The number of hydrogen-bond donors (Lipinski definition) is 4. The molecule has 0 spiro atoms. The SMILES string of the molecule is CCOc1ccc2c(c1)CC(NCCCCO)C(=O)N2c1ccc(CN2C(=O)[C@](O)([C@H](C)/C=C/CC(=O)N3Cc4ccccc4C[C@H]3CO)c3cc([N+](=O)[O-])ccc32)cc1. The van der Waals surface area contributed by atoms with Crippen LogP contribution in [0.2, 0.25) is 0 Å². The van der Waals surface area contributed by atoms with Crippen LogP contribution in [0.25, 0.3) is 0 Å². The highest BCUT2D eigenvalue weighted by Gasteiger charge is 2.53. The van der Waals surface area contributed by atoms with Crippen molar-refractivity contribution >= 4 is 40.5 Å². The molecule has 0 saturated carbocycles. The molecular formula is C46H51N5O9. The number of nitro groups is 1. The number of benzene rings is 4. The Hall–Kier alpha value is -5.93. The molecule has 1 unspecified atom stereocenters. The van der Waals surface area contributed by atoms with Crippen molar-refractivity contribution in [2.24, 2.45) is 5.92 Å². The standard InChI is InChI=1S/C46H51N5O9/c1-3-60-38-18-20-41-34(24-38)25-40(47-21-6-7-22-52)44(55)50(41)35-15-13-31(14-16-35)27-49-42-19-17-36(51(58)59)26-39(42)46(57,45(49)56)30(2)9-8-12-43(54)48-28-33-11-5-4-10-32(33)23-37(48)29-53/h4-5,8-11,13-20,24,26,30,37,40,47,52-53,57H,3,6-7,12,21-23,25,27-29H2,1-2H3/b9-8+/t30-,37+,40?,46+/m1/s1. The van der Waals surface area contributed by atoms with Gasteiger partial charge < -0.3 is 35.2 Å². The number of hydrogen-bond acceptors (Lipinski definition) is 10. The van der Waals surface area contributed by atoms with Crippen LogP contribution < -0.4 is 19.9 Å². The number of anilines is 3. The number of aliphatic hydroxyl groups excluding tert-OH is 2. The first-order valence-electron chi connectivity index (χ1n) is 20.5. The Morgan fingerprint density at radius 1 is 0.983 bits per heavy atom. The van der Waals surface area contributed by atoms with Crippen molar-refractivity contribution in [3.05, 3.63) is 135 Å². The van der Waals surface area contributed by atoms with E-state index in [9.17, 15) is 39.8 Å². The van der Waals surface area contributed by atoms with Crippen molar-refractivity contribution in [1.82, 2.24) is 10.2 Å². The van der Waals surface area contributed by atoms with E-state index >= 15 is 0 Å². The predicted molar refractivity (Wildman–Crippen MR) is 226 cm³/mol. The van der Waals surface area contributed by atoms with Gasteiger partial charge in [0.05, 0.1) is 48.1 Å². The second-order valence-electron chi connectivity index (χ2n) is 15.6. The van der Waals surface area contributed by atoms with Gasteiger partial charge in [-0.05, 0) is 97.8 Å². The molecule has 4 aromatic rings. The zero-order valence-electron chi connectivity index (χ0n) is 33.8. The number of nitro benzene ring substituents is 1. The van der Waals surface area contributed by atoms with E-state index in [1.165, 1.54) is 23.1 Å². The number of nitrogens with zero attached hydrogens (tertiary/aromatic N) is 4. The fraction of sp³-hybridized carbons (Fsp3) is 0.370. The van der Waals surface area contributed by atoms with E-state index < -0.39 is 28.4 Å². The zero-order valence-corrected chi connectivity index (χ0v) is 33.8. The lowest BCUT2D eigenvalue weighted by atomic mass is 9.82. The van der Waals surface area contributed by atoms with Gasteiger partial charge in [-0.2, -0.15) is 0 Å². The minimum absolute atomic E-state index is 0.0252. The molecule has 3 aliphatic heterocycles. The average Bonchev–Trinajstić information content (AvgIpc) is 3.47. The summed E-state index contributed by atoms with van der Waals surface area (Å²) < 4.78 is 5.76. The predicted octanol–water partition coefficient (Wildman–Crippen LogP) is 5.21. The van der Waals surface area contributed by atoms with Gasteiger partial charge in [0.15, 0.2) is 5.60 Å². The Kier molecular flexibility index (Phi) is 12.8. The van der Waals surface area contributed by atoms with Gasteiger partial charge in [0.2, 0.25) is 11.8 Å². The number of ether oxygens (including phenoxy) is 1. The van der Waals surface area contributed by atoms with E-state index in [1.807, 2.05) is 49.4 Å². The van der Waals surface area contributed by atoms with E-state index in [-0.39, 0.29) is 55.3 Å². The Labute approximate surface area is 348 Å². The van der Waals surface area contributed by atoms with Crippen LogP contribution in [0.4, 0.5) is 22.7 Å². The summed E-state index contributed by atoms with van der Waals surface area (Å²) in [7, 11) is 0. The van der Waals surface area contributed by atoms with Crippen LogP contribution in [-0.4, -0.2) is 81.3 Å². The summed E-state index contributed by atoms with van der Waals surface area (Å²) >= 11 is 0. The van der Waals surface area contributed by atoms with Gasteiger partial charge >= 0.3 is 0 Å². The third kappa shape index (κ3) is 8.28. The highest BCUT2D eigenvalue weighted by Crippen LogP contribution is 2.47. The summed E-state index contributed by atoms with van der Waals surface area (Å²) in [5, 5.41) is 46.8. The third-order valence-corrected chi connectivity index (χ3v) is 11.8. The summed E-state index contributed by atoms with van der Waals surface area (Å²) in [4.78, 5) is 57.8. The maximum Gasteiger partial charge on any atom is 0.269 e. The number of carbonyl (C=O) groups is 3. The summed E-state index contributed by atoms with van der Waals surface area (Å²) in [5.74, 6) is -1.19. The molecule has 4 N–H and O–H groups in total. The fourth-order valence-electron chi connectivity index (χ4n) is 8.53. The number of amides is 3. The Bertz CT molecular complexity index is 2280. The highest BCUT2D eigenvalue weighted by atomic mass is 16.6. The summed E-state index contributed by atoms with van der Waals surface area (Å²) in [6.45, 7) is 4.89. The number of carbonyl (C=O) groups excluding carboxylic acids is 3. The van der Waals surface area contributed by atoms with Gasteiger partial charge in [0, 0.05) is 48.9 Å². The average molecular weight is 818 g/mol. The monoisotopic (exact) mass is 817 g/mol. The largest absolute Gasteiger partial charge is 0.494 e. The number of aliphatic hydroxyl groups is 3. The molecule has 4 atom stereocenters. The van der Waals surface area contributed by atoms with E-state index in [1.54, 1.807) is 53.1 Å². The van der Waals surface area contributed by atoms with E-state index in [4.69, 9.17) is 4.74 Å². The molecule has 60 heavy (non-hydrogen) atoms. The molecule has 7 rings (SSSR count). The molecule has 3 aliphatic rings. The molecule has 0 aromatic heterocycles. The second-order valence-corrected chi connectivity index (χ2v) is 15.6. The third-order valence-electron chi connectivity index (χ3n) is 11.8. The van der Waals surface area contributed by atoms with Crippen molar-refractivity contribution in [3.8, 4) is 5.75 Å². The van der Waals surface area contributed by atoms with Crippen LogP contribution in [0.3, 0.4) is 0 Å². The Balaban J connectivity index is 1.11. The number of fused-ring (bicyclic) bond motifs is 3. The minimum Gasteiger partial charge on any atom is -0.494 e. The quantitative estimate of drug-likeness (QED) is 0.0507. The molecule has 0 saturated heterocycles. The molecule has 0 aliphatic carbocycles. The summed E-state index contributed by atoms with van der Waals surface area (Å²) in [6.07, 6.45) is 5.49. The topological polar surface area (TPSA) is 186 Å². The smallest absolute Gasteiger partial charge is 0.269 e. The maximum absolute atomic E-state index is 14.4. The molecule has 14 heteroatoms. The van der Waals surface area contributed by atoms with Gasteiger partial charge in [-0.1, -0.05) is 55.5 Å². The summed E-state index contributed by atoms with van der Waals surface area (Å²) in [5.41, 5.74) is 3.04. The Morgan fingerprint density at radius 2 is 1.73 bits per heavy atom. The van der Waals surface area contributed by atoms with E-state index in [0.717, 1.165) is 28.8 Å². The van der Waals surface area contributed by atoms with Gasteiger partial charge in [0.25, 0.3) is 11.6 Å². The van der Waals surface area contributed by atoms with Crippen LogP contribution in [-0.2, 0) is 45.9 Å². The first-order chi connectivity index (χ1) is 29.0. The first kappa shape index (κ1) is 42.2. The zero-order chi connectivity index (χ0) is 42.6. The molecule has 14 nitrogen and oxygen atoms in total. The van der Waals surface area contributed by atoms with Crippen molar-refractivity contribution < 1.29 is 39.4 Å². The van der Waals surface area contributed by atoms with Crippen molar-refractivity contribution in [1.29, 1.82) is 0 Å². The van der Waals surface area contributed by atoms with Crippen molar-refractivity contribution in [2.45, 2.75) is 76.7 Å². The van der Waals surface area contributed by atoms with Crippen LogP contribution in [0, 0.1) is 16.0 Å². The lowest BCUT2D eigenvalue weighted by Gasteiger charge is -2.36. The molecule has 314 valence electrons. The molecule has 3 heterocycles. The van der Waals surface area contributed by atoms with Crippen LogP contribution >= 0.6 is 0 Å². The molecule has 3 amide bonds. The number of nitrogens with one attached hydrogen (secondary N) is 1.